The normalized spacial score (nSPS) is 14.2. The van der Waals surface area contributed by atoms with Crippen molar-refractivity contribution in [1.82, 2.24) is 0 Å². The Hall–Kier alpha value is -1.94. The van der Waals surface area contributed by atoms with Gasteiger partial charge in [-0.2, -0.15) is 0 Å². The van der Waals surface area contributed by atoms with E-state index < -0.39 is 97.5 Å². The summed E-state index contributed by atoms with van der Waals surface area (Å²) in [6.07, 6.45) is 41.8. The number of hydrogen-bond acceptors (Lipinski definition) is 15. The molecule has 0 rings (SSSR count). The number of carbonyl (C=O) groups excluding carboxylic acids is 4. The fourth-order valence-corrected chi connectivity index (χ4v) is 11.5. The molecule has 0 aromatic heterocycles. The van der Waals surface area contributed by atoms with E-state index in [1.165, 1.54) is 135 Å². The molecule has 3 N–H and O–H groups in total. The molecule has 5 atom stereocenters. The van der Waals surface area contributed by atoms with Crippen LogP contribution in [0.3, 0.4) is 0 Å². The molecule has 0 aliphatic rings. The monoisotopic (exact) mass is 1250 g/mol. The van der Waals surface area contributed by atoms with Gasteiger partial charge in [0.25, 0.3) is 0 Å². The summed E-state index contributed by atoms with van der Waals surface area (Å²) in [5.74, 6) is -0.621. The molecule has 2 unspecified atom stereocenters. The number of phosphoric acid groups is 2. The molecule has 17 nitrogen and oxygen atoms in total. The Morgan fingerprint density at radius 3 is 0.800 bits per heavy atom. The van der Waals surface area contributed by atoms with E-state index in [-0.39, 0.29) is 25.7 Å². The Balaban J connectivity index is 5.20. The number of unbranched alkanes of at least 4 members (excludes halogenated alkanes) is 35. The molecule has 0 radical (unpaired) electrons. The van der Waals surface area contributed by atoms with Crippen molar-refractivity contribution in [3.05, 3.63) is 0 Å². The quantitative estimate of drug-likeness (QED) is 0.0222. The number of phosphoric ester groups is 2. The maximum absolute atomic E-state index is 13.0. The van der Waals surface area contributed by atoms with E-state index in [0.717, 1.165) is 115 Å². The minimum absolute atomic E-state index is 0.106. The molecule has 0 spiro atoms. The zero-order valence-electron chi connectivity index (χ0n) is 54.9. The molecule has 85 heavy (non-hydrogen) atoms. The van der Waals surface area contributed by atoms with Crippen molar-refractivity contribution in [3.63, 3.8) is 0 Å². The highest BCUT2D eigenvalue weighted by atomic mass is 31.2. The lowest BCUT2D eigenvalue weighted by atomic mass is 10.0. The van der Waals surface area contributed by atoms with Crippen molar-refractivity contribution in [1.29, 1.82) is 0 Å². The molecule has 504 valence electrons. The predicted octanol–water partition coefficient (Wildman–Crippen LogP) is 18.4. The Labute approximate surface area is 517 Å². The third kappa shape index (κ3) is 60.7. The molecule has 0 heterocycles. The summed E-state index contributed by atoms with van der Waals surface area (Å²) in [6, 6.07) is 0. The van der Waals surface area contributed by atoms with E-state index in [4.69, 9.17) is 37.0 Å². The number of esters is 4. The third-order valence-corrected chi connectivity index (χ3v) is 17.1. The number of aliphatic hydroxyl groups is 1. The molecular weight excluding hydrogens is 1130 g/mol. The van der Waals surface area contributed by atoms with Gasteiger partial charge in [0.15, 0.2) is 12.2 Å². The van der Waals surface area contributed by atoms with Crippen LogP contribution >= 0.6 is 15.6 Å². The van der Waals surface area contributed by atoms with Crippen LogP contribution in [-0.4, -0.2) is 96.7 Å². The van der Waals surface area contributed by atoms with E-state index in [2.05, 4.69) is 41.5 Å². The highest BCUT2D eigenvalue weighted by molar-refractivity contribution is 7.47. The van der Waals surface area contributed by atoms with E-state index in [9.17, 15) is 43.2 Å². The highest BCUT2D eigenvalue weighted by Crippen LogP contribution is 2.45. The van der Waals surface area contributed by atoms with Crippen molar-refractivity contribution < 1.29 is 80.2 Å². The number of ether oxygens (including phenoxy) is 4. The zero-order chi connectivity index (χ0) is 62.9. The average Bonchev–Trinajstić information content (AvgIpc) is 3.46. The van der Waals surface area contributed by atoms with Gasteiger partial charge in [-0.3, -0.25) is 37.3 Å². The van der Waals surface area contributed by atoms with Crippen LogP contribution in [0.2, 0.25) is 0 Å². The lowest BCUT2D eigenvalue weighted by Gasteiger charge is -2.21. The first-order valence-corrected chi connectivity index (χ1v) is 37.5. The van der Waals surface area contributed by atoms with Crippen LogP contribution < -0.4 is 0 Å². The molecule has 0 aromatic rings. The van der Waals surface area contributed by atoms with Gasteiger partial charge in [0, 0.05) is 25.7 Å². The lowest BCUT2D eigenvalue weighted by Crippen LogP contribution is -2.30. The molecule has 19 heteroatoms. The summed E-state index contributed by atoms with van der Waals surface area (Å²) in [7, 11) is -9.89. The van der Waals surface area contributed by atoms with E-state index in [0.29, 0.717) is 25.7 Å². The average molecular weight is 1260 g/mol. The van der Waals surface area contributed by atoms with Crippen LogP contribution in [-0.2, 0) is 65.4 Å². The van der Waals surface area contributed by atoms with Crippen molar-refractivity contribution >= 4 is 39.5 Å². The van der Waals surface area contributed by atoms with Crippen LogP contribution in [0.15, 0.2) is 0 Å². The number of aliphatic hydroxyl groups excluding tert-OH is 1. The van der Waals surface area contributed by atoms with Crippen LogP contribution in [0.4, 0.5) is 0 Å². The molecule has 0 saturated carbocycles. The summed E-state index contributed by atoms with van der Waals surface area (Å²) in [5, 5.41) is 10.5. The highest BCUT2D eigenvalue weighted by Gasteiger charge is 2.30. The van der Waals surface area contributed by atoms with Gasteiger partial charge in [-0.05, 0) is 37.5 Å². The second-order valence-electron chi connectivity index (χ2n) is 24.8. The molecule has 0 amide bonds. The summed E-state index contributed by atoms with van der Waals surface area (Å²) in [5.41, 5.74) is 0. The maximum Gasteiger partial charge on any atom is 0.472 e. The van der Waals surface area contributed by atoms with Crippen LogP contribution in [0.1, 0.15) is 330 Å². The Kier molecular flexibility index (Phi) is 57.1. The SMILES string of the molecule is CCCCCCCCCCCCCC(=O)O[C@H](COC(=O)CCCCCCCCC)COP(=O)(O)OC[C@H](O)COP(=O)(O)OC[C@@H](COC(=O)CCCCCCCCCCC(C)C)OC(=O)CCCCCCCCCCCCCCCC(C)C. The number of rotatable bonds is 65. The minimum Gasteiger partial charge on any atom is -0.462 e. The van der Waals surface area contributed by atoms with Gasteiger partial charge in [0.05, 0.1) is 26.4 Å². The van der Waals surface area contributed by atoms with Crippen LogP contribution in [0, 0.1) is 11.8 Å². The van der Waals surface area contributed by atoms with Crippen molar-refractivity contribution in [2.75, 3.05) is 39.6 Å². The van der Waals surface area contributed by atoms with Crippen molar-refractivity contribution in [2.24, 2.45) is 11.8 Å². The summed E-state index contributed by atoms with van der Waals surface area (Å²) in [6.45, 7) is 9.45. The standard InChI is InChI=1S/C66H128O17P2/c1-7-9-11-13-15-16-20-24-32-38-44-50-65(70)82-61(54-76-63(68)48-42-36-28-14-12-10-8-2)56-80-84(72,73)78-52-60(67)53-79-85(74,75)81-57-62(55-77-64(69)49-43-37-31-27-26-30-35-41-47-59(5)6)83-66(71)51-45-39-33-25-22-19-17-18-21-23-29-34-40-46-58(3)4/h58-62,67H,7-57H2,1-6H3,(H,72,73)(H,74,75)/t60-,61+,62+/m0/s1. The van der Waals surface area contributed by atoms with Gasteiger partial charge in [0.2, 0.25) is 0 Å². The maximum atomic E-state index is 13.0. The largest absolute Gasteiger partial charge is 0.472 e. The topological polar surface area (TPSA) is 237 Å². The van der Waals surface area contributed by atoms with Crippen molar-refractivity contribution in [3.8, 4) is 0 Å². The smallest absolute Gasteiger partial charge is 0.462 e. The molecule has 0 aliphatic carbocycles. The zero-order valence-corrected chi connectivity index (χ0v) is 56.7. The van der Waals surface area contributed by atoms with Gasteiger partial charge in [-0.15, -0.1) is 0 Å². The molecule has 0 bridgehead atoms. The fourth-order valence-electron chi connectivity index (χ4n) is 9.88. The Bertz CT molecular complexity index is 1670. The summed E-state index contributed by atoms with van der Waals surface area (Å²) < 4.78 is 68.0. The lowest BCUT2D eigenvalue weighted by molar-refractivity contribution is -0.161. The molecule has 0 saturated heterocycles. The fraction of sp³-hybridized carbons (Fsp3) is 0.939. The Morgan fingerprint density at radius 2 is 0.541 bits per heavy atom. The first-order valence-electron chi connectivity index (χ1n) is 34.5. The summed E-state index contributed by atoms with van der Waals surface area (Å²) in [4.78, 5) is 72.2. The van der Waals surface area contributed by atoms with Gasteiger partial charge >= 0.3 is 39.5 Å². The molecule has 0 aromatic carbocycles. The second kappa shape index (κ2) is 58.4. The van der Waals surface area contributed by atoms with E-state index in [1.807, 2.05) is 0 Å². The van der Waals surface area contributed by atoms with E-state index >= 15 is 0 Å². The second-order valence-corrected chi connectivity index (χ2v) is 27.7. The van der Waals surface area contributed by atoms with Gasteiger partial charge in [0.1, 0.15) is 19.3 Å². The Morgan fingerprint density at radius 1 is 0.318 bits per heavy atom. The van der Waals surface area contributed by atoms with Crippen LogP contribution in [0.25, 0.3) is 0 Å². The van der Waals surface area contributed by atoms with Gasteiger partial charge in [-0.1, -0.05) is 279 Å². The number of hydrogen-bond donors (Lipinski definition) is 3. The predicted molar refractivity (Wildman–Crippen MR) is 340 cm³/mol. The number of carbonyl (C=O) groups is 4. The molecule has 0 aliphatic heterocycles. The minimum atomic E-state index is -4.95. The molecular formula is C66H128O17P2. The first kappa shape index (κ1) is 83.1. The first-order chi connectivity index (χ1) is 40.9. The molecule has 0 fully saturated rings. The van der Waals surface area contributed by atoms with Gasteiger partial charge < -0.3 is 33.8 Å². The summed E-state index contributed by atoms with van der Waals surface area (Å²) >= 11 is 0. The van der Waals surface area contributed by atoms with Crippen molar-refractivity contribution in [2.45, 2.75) is 349 Å². The van der Waals surface area contributed by atoms with Crippen LogP contribution in [0.5, 0.6) is 0 Å². The third-order valence-electron chi connectivity index (χ3n) is 15.2. The van der Waals surface area contributed by atoms with Gasteiger partial charge in [-0.25, -0.2) is 9.13 Å². The van der Waals surface area contributed by atoms with E-state index in [1.54, 1.807) is 0 Å².